The van der Waals surface area contributed by atoms with E-state index in [1.54, 1.807) is 0 Å². The molecule has 1 aliphatic carbocycles. The van der Waals surface area contributed by atoms with E-state index in [0.29, 0.717) is 5.92 Å². The molecule has 2 aromatic rings. The summed E-state index contributed by atoms with van der Waals surface area (Å²) >= 11 is 0. The van der Waals surface area contributed by atoms with Gasteiger partial charge in [0.2, 0.25) is 5.95 Å². The van der Waals surface area contributed by atoms with Crippen molar-refractivity contribution in [2.45, 2.75) is 18.8 Å². The maximum absolute atomic E-state index is 5.49. The molecule has 1 N–H and O–H groups in total. The molecule has 2 saturated heterocycles. The second-order valence-corrected chi connectivity index (χ2v) is 7.08. The number of nitrogens with one attached hydrogen (secondary N) is 1. The number of nitrogens with zero attached hydrogens (tertiary/aromatic N) is 5. The monoisotopic (exact) mass is 340 g/mol. The Morgan fingerprint density at radius 1 is 0.960 bits per heavy atom. The van der Waals surface area contributed by atoms with Crippen molar-refractivity contribution in [3.63, 3.8) is 0 Å². The molecule has 7 nitrogen and oxygen atoms in total. The molecule has 132 valence electrons. The number of piperazine rings is 1. The molecule has 25 heavy (non-hydrogen) atoms. The number of rotatable bonds is 3. The van der Waals surface area contributed by atoms with Gasteiger partial charge in [0, 0.05) is 50.9 Å². The highest BCUT2D eigenvalue weighted by atomic mass is 16.5. The van der Waals surface area contributed by atoms with Gasteiger partial charge in [-0.2, -0.15) is 4.98 Å². The summed E-state index contributed by atoms with van der Waals surface area (Å²) in [4.78, 5) is 19.1. The third-order valence-corrected chi connectivity index (χ3v) is 5.33. The number of ether oxygens (including phenoxy) is 1. The Hall–Kier alpha value is -1.99. The average molecular weight is 340 g/mol. The van der Waals surface area contributed by atoms with Crippen LogP contribution in [-0.2, 0) is 4.74 Å². The van der Waals surface area contributed by atoms with Crippen LogP contribution in [0.2, 0.25) is 0 Å². The maximum atomic E-state index is 5.49. The molecule has 0 radical (unpaired) electrons. The van der Waals surface area contributed by atoms with Gasteiger partial charge < -0.3 is 19.9 Å². The van der Waals surface area contributed by atoms with Gasteiger partial charge in [-0.1, -0.05) is 0 Å². The first kappa shape index (κ1) is 15.3. The van der Waals surface area contributed by atoms with Gasteiger partial charge in [-0.15, -0.1) is 0 Å². The number of anilines is 2. The number of aromatic nitrogens is 3. The van der Waals surface area contributed by atoms with Crippen LogP contribution < -0.4 is 15.1 Å². The van der Waals surface area contributed by atoms with E-state index in [2.05, 4.69) is 20.1 Å². The molecule has 3 aliphatic rings. The van der Waals surface area contributed by atoms with E-state index in [1.165, 1.54) is 23.8 Å². The Morgan fingerprint density at radius 3 is 2.52 bits per heavy atom. The van der Waals surface area contributed by atoms with E-state index in [0.717, 1.165) is 69.8 Å². The smallest absolute Gasteiger partial charge is 0.228 e. The largest absolute Gasteiger partial charge is 0.378 e. The molecule has 5 rings (SSSR count). The van der Waals surface area contributed by atoms with Crippen molar-refractivity contribution < 1.29 is 4.74 Å². The van der Waals surface area contributed by atoms with Gasteiger partial charge in [0.15, 0.2) is 0 Å². The van der Waals surface area contributed by atoms with Gasteiger partial charge in [0.05, 0.1) is 24.9 Å². The lowest BCUT2D eigenvalue weighted by Crippen LogP contribution is -2.44. The van der Waals surface area contributed by atoms with Crippen LogP contribution in [0.4, 0.5) is 11.8 Å². The molecular formula is C18H24N6O. The van der Waals surface area contributed by atoms with Gasteiger partial charge >= 0.3 is 0 Å². The normalized spacial score (nSPS) is 21.8. The molecule has 1 saturated carbocycles. The summed E-state index contributed by atoms with van der Waals surface area (Å²) in [6.07, 6.45) is 6.45. The zero-order valence-corrected chi connectivity index (χ0v) is 14.4. The third-order valence-electron chi connectivity index (χ3n) is 5.33. The number of hydrogen-bond donors (Lipinski definition) is 1. The first-order valence-corrected chi connectivity index (χ1v) is 9.34. The molecule has 2 aliphatic heterocycles. The quantitative estimate of drug-likeness (QED) is 0.899. The third kappa shape index (κ3) is 2.91. The Kier molecular flexibility index (Phi) is 3.90. The lowest BCUT2D eigenvalue weighted by atomic mass is 10.1. The molecule has 7 heteroatoms. The summed E-state index contributed by atoms with van der Waals surface area (Å²) in [6, 6.07) is 0. The van der Waals surface area contributed by atoms with Crippen LogP contribution in [-0.4, -0.2) is 67.4 Å². The summed E-state index contributed by atoms with van der Waals surface area (Å²) in [6.45, 7) is 7.16. The highest BCUT2D eigenvalue weighted by Gasteiger charge is 2.29. The molecule has 3 fully saturated rings. The van der Waals surface area contributed by atoms with Crippen LogP contribution in [0.1, 0.15) is 24.3 Å². The summed E-state index contributed by atoms with van der Waals surface area (Å²) < 4.78 is 5.49. The van der Waals surface area contributed by atoms with Crippen LogP contribution in [0.3, 0.4) is 0 Å². The fraction of sp³-hybridized carbons (Fsp3) is 0.611. The van der Waals surface area contributed by atoms with E-state index >= 15 is 0 Å². The van der Waals surface area contributed by atoms with Crippen LogP contribution >= 0.6 is 0 Å². The lowest BCUT2D eigenvalue weighted by Gasteiger charge is -2.32. The molecule has 0 aromatic carbocycles. The predicted molar refractivity (Wildman–Crippen MR) is 97.4 cm³/mol. The molecule has 0 bridgehead atoms. The van der Waals surface area contributed by atoms with E-state index in [4.69, 9.17) is 14.7 Å². The Morgan fingerprint density at radius 2 is 1.76 bits per heavy atom. The topological polar surface area (TPSA) is 66.4 Å². The van der Waals surface area contributed by atoms with Crippen molar-refractivity contribution >= 4 is 22.7 Å². The summed E-state index contributed by atoms with van der Waals surface area (Å²) in [7, 11) is 0. The van der Waals surface area contributed by atoms with Crippen molar-refractivity contribution in [2.24, 2.45) is 0 Å². The lowest BCUT2D eigenvalue weighted by molar-refractivity contribution is 0.122. The summed E-state index contributed by atoms with van der Waals surface area (Å²) in [5, 5.41) is 4.65. The number of fused-ring (bicyclic) bond motifs is 1. The van der Waals surface area contributed by atoms with Gasteiger partial charge in [-0.05, 0) is 24.3 Å². The molecule has 0 spiro atoms. The van der Waals surface area contributed by atoms with Crippen LogP contribution in [0.5, 0.6) is 0 Å². The molecule has 0 amide bonds. The summed E-state index contributed by atoms with van der Waals surface area (Å²) in [5.41, 5.74) is 2.31. The molecule has 0 unspecified atom stereocenters. The van der Waals surface area contributed by atoms with Gasteiger partial charge in [-0.3, -0.25) is 4.98 Å². The van der Waals surface area contributed by atoms with Gasteiger partial charge in [0.1, 0.15) is 5.82 Å². The Labute approximate surface area is 147 Å². The Bertz CT molecular complexity index is 765. The number of hydrogen-bond acceptors (Lipinski definition) is 7. The summed E-state index contributed by atoms with van der Waals surface area (Å²) in [5.74, 6) is 2.55. The van der Waals surface area contributed by atoms with Crippen molar-refractivity contribution in [3.8, 4) is 0 Å². The van der Waals surface area contributed by atoms with Crippen LogP contribution in [0.25, 0.3) is 10.9 Å². The minimum absolute atomic E-state index is 0.635. The van der Waals surface area contributed by atoms with Crippen molar-refractivity contribution in [3.05, 3.63) is 18.0 Å². The van der Waals surface area contributed by atoms with Crippen molar-refractivity contribution in [1.82, 2.24) is 20.3 Å². The molecular weight excluding hydrogens is 316 g/mol. The van der Waals surface area contributed by atoms with Gasteiger partial charge in [0.25, 0.3) is 0 Å². The minimum Gasteiger partial charge on any atom is -0.378 e. The first-order valence-electron chi connectivity index (χ1n) is 9.34. The number of pyridine rings is 1. The molecule has 0 atom stereocenters. The van der Waals surface area contributed by atoms with E-state index < -0.39 is 0 Å². The SMILES string of the molecule is c1ncc2nc(N3CCOCC3)nc(N3CCNCC3)c2c1C1CC1. The second kappa shape index (κ2) is 6.38. The van der Waals surface area contributed by atoms with Gasteiger partial charge in [-0.25, -0.2) is 4.98 Å². The highest BCUT2D eigenvalue weighted by Crippen LogP contribution is 2.44. The maximum Gasteiger partial charge on any atom is 0.228 e. The van der Waals surface area contributed by atoms with E-state index in [9.17, 15) is 0 Å². The molecule has 2 aromatic heterocycles. The standard InChI is InChI=1S/C18H24N6O/c1-2-13(1)14-11-20-12-15-16(14)17(23-5-3-19-4-6-23)22-18(21-15)24-7-9-25-10-8-24/h11-13,19H,1-10H2. The van der Waals surface area contributed by atoms with E-state index in [1.807, 2.05) is 12.4 Å². The fourth-order valence-electron chi connectivity index (χ4n) is 3.79. The fourth-order valence-corrected chi connectivity index (χ4v) is 3.79. The minimum atomic E-state index is 0.635. The highest BCUT2D eigenvalue weighted by molar-refractivity contribution is 5.93. The Balaban J connectivity index is 1.65. The van der Waals surface area contributed by atoms with Crippen molar-refractivity contribution in [2.75, 3.05) is 62.3 Å². The van der Waals surface area contributed by atoms with Crippen molar-refractivity contribution in [1.29, 1.82) is 0 Å². The van der Waals surface area contributed by atoms with Crippen LogP contribution in [0.15, 0.2) is 12.4 Å². The predicted octanol–water partition coefficient (Wildman–Crippen LogP) is 1.15. The number of morpholine rings is 1. The molecule has 4 heterocycles. The second-order valence-electron chi connectivity index (χ2n) is 7.08. The van der Waals surface area contributed by atoms with E-state index in [-0.39, 0.29) is 0 Å². The average Bonchev–Trinajstić information content (AvgIpc) is 3.53. The first-order chi connectivity index (χ1) is 12.4. The van der Waals surface area contributed by atoms with Crippen LogP contribution in [0, 0.1) is 0 Å². The zero-order valence-electron chi connectivity index (χ0n) is 14.4. The zero-order chi connectivity index (χ0) is 16.6.